The molecule has 0 amide bonds. The SMILES string of the molecule is CC1=NOC2(C)OCOC12. The summed E-state index contributed by atoms with van der Waals surface area (Å²) in [5.74, 6) is -0.649. The molecule has 0 spiro atoms. The minimum absolute atomic E-state index is 0.104. The summed E-state index contributed by atoms with van der Waals surface area (Å²) < 4.78 is 10.4. The summed E-state index contributed by atoms with van der Waals surface area (Å²) in [7, 11) is 0. The maximum absolute atomic E-state index is 5.21. The van der Waals surface area contributed by atoms with Gasteiger partial charge < -0.3 is 14.3 Å². The third-order valence-electron chi connectivity index (χ3n) is 1.81. The van der Waals surface area contributed by atoms with Crippen LogP contribution >= 0.6 is 0 Å². The van der Waals surface area contributed by atoms with Crippen molar-refractivity contribution < 1.29 is 14.3 Å². The third kappa shape index (κ3) is 0.602. The van der Waals surface area contributed by atoms with Crippen LogP contribution in [0.2, 0.25) is 0 Å². The summed E-state index contributed by atoms with van der Waals surface area (Å²) in [6.45, 7) is 3.99. The van der Waals surface area contributed by atoms with Gasteiger partial charge >= 0.3 is 0 Å². The van der Waals surface area contributed by atoms with Gasteiger partial charge in [0.1, 0.15) is 0 Å². The highest BCUT2D eigenvalue weighted by atomic mass is 16.9. The van der Waals surface area contributed by atoms with Gasteiger partial charge in [-0.05, 0) is 6.92 Å². The summed E-state index contributed by atoms with van der Waals surface area (Å²) in [5, 5.41) is 3.76. The van der Waals surface area contributed by atoms with Crippen LogP contribution in [0.4, 0.5) is 0 Å². The molecule has 1 fully saturated rings. The Morgan fingerprint density at radius 3 is 3.20 bits per heavy atom. The molecule has 0 N–H and O–H groups in total. The predicted molar refractivity (Wildman–Crippen MR) is 33.4 cm³/mol. The maximum atomic E-state index is 5.21. The largest absolute Gasteiger partial charge is 0.357 e. The van der Waals surface area contributed by atoms with E-state index in [2.05, 4.69) is 5.16 Å². The first-order valence-electron chi connectivity index (χ1n) is 3.20. The molecule has 2 aliphatic heterocycles. The molecule has 2 atom stereocenters. The van der Waals surface area contributed by atoms with Crippen LogP contribution in [0, 0.1) is 0 Å². The molecule has 0 aromatic carbocycles. The van der Waals surface area contributed by atoms with Crippen LogP contribution in [-0.4, -0.2) is 24.4 Å². The van der Waals surface area contributed by atoms with Crippen LogP contribution in [0.15, 0.2) is 5.16 Å². The van der Waals surface area contributed by atoms with Gasteiger partial charge in [-0.2, -0.15) is 0 Å². The van der Waals surface area contributed by atoms with Crippen LogP contribution in [0.3, 0.4) is 0 Å². The molecule has 0 radical (unpaired) electrons. The summed E-state index contributed by atoms with van der Waals surface area (Å²) in [6, 6.07) is 0. The molecule has 56 valence electrons. The number of ether oxygens (including phenoxy) is 2. The van der Waals surface area contributed by atoms with Gasteiger partial charge in [-0.1, -0.05) is 5.16 Å². The van der Waals surface area contributed by atoms with Gasteiger partial charge in [0, 0.05) is 6.92 Å². The van der Waals surface area contributed by atoms with Gasteiger partial charge in [0.25, 0.3) is 5.79 Å². The van der Waals surface area contributed by atoms with Gasteiger partial charge in [-0.25, -0.2) is 0 Å². The molecule has 0 bridgehead atoms. The number of hydrogen-bond donors (Lipinski definition) is 0. The maximum Gasteiger partial charge on any atom is 0.268 e. The molecular weight excluding hydrogens is 134 g/mol. The van der Waals surface area contributed by atoms with Crippen molar-refractivity contribution in [2.45, 2.75) is 25.7 Å². The standard InChI is InChI=1S/C6H9NO3/c1-4-5-6(2,10-7-4)9-3-8-5/h5H,3H2,1-2H3. The van der Waals surface area contributed by atoms with E-state index in [1.54, 1.807) is 0 Å². The Balaban J connectivity index is 2.27. The molecule has 0 aliphatic carbocycles. The molecule has 4 nitrogen and oxygen atoms in total. The van der Waals surface area contributed by atoms with Gasteiger partial charge in [-0.3, -0.25) is 0 Å². The zero-order valence-electron chi connectivity index (χ0n) is 5.96. The van der Waals surface area contributed by atoms with Crippen molar-refractivity contribution in [2.75, 3.05) is 6.79 Å². The lowest BCUT2D eigenvalue weighted by molar-refractivity contribution is -0.185. The topological polar surface area (TPSA) is 40.0 Å². The summed E-state index contributed by atoms with van der Waals surface area (Å²) in [4.78, 5) is 5.02. The van der Waals surface area contributed by atoms with Crippen LogP contribution < -0.4 is 0 Å². The Labute approximate surface area is 58.7 Å². The van der Waals surface area contributed by atoms with Gasteiger partial charge in [-0.15, -0.1) is 0 Å². The summed E-state index contributed by atoms with van der Waals surface area (Å²) >= 11 is 0. The number of oxime groups is 1. The second-order valence-corrected chi connectivity index (χ2v) is 2.65. The van der Waals surface area contributed by atoms with E-state index in [4.69, 9.17) is 14.3 Å². The van der Waals surface area contributed by atoms with Crippen molar-refractivity contribution in [1.29, 1.82) is 0 Å². The van der Waals surface area contributed by atoms with Crippen molar-refractivity contribution in [3.05, 3.63) is 0 Å². The highest BCUT2D eigenvalue weighted by Crippen LogP contribution is 2.32. The fraction of sp³-hybridized carbons (Fsp3) is 0.833. The van der Waals surface area contributed by atoms with Crippen LogP contribution in [0.1, 0.15) is 13.8 Å². The van der Waals surface area contributed by atoms with Gasteiger partial charge in [0.15, 0.2) is 12.9 Å². The quantitative estimate of drug-likeness (QED) is 0.495. The van der Waals surface area contributed by atoms with Crippen molar-refractivity contribution >= 4 is 5.71 Å². The summed E-state index contributed by atoms with van der Waals surface area (Å²) in [5.41, 5.74) is 0.847. The van der Waals surface area contributed by atoms with Crippen molar-refractivity contribution in [2.24, 2.45) is 5.16 Å². The number of rotatable bonds is 0. The van der Waals surface area contributed by atoms with E-state index < -0.39 is 5.79 Å². The molecule has 2 heterocycles. The fourth-order valence-corrected chi connectivity index (χ4v) is 1.23. The van der Waals surface area contributed by atoms with E-state index in [9.17, 15) is 0 Å². The normalized spacial score (nSPS) is 44.6. The average molecular weight is 143 g/mol. The number of nitrogens with zero attached hydrogens (tertiary/aromatic N) is 1. The average Bonchev–Trinajstić information content (AvgIpc) is 2.35. The lowest BCUT2D eigenvalue weighted by Crippen LogP contribution is -2.36. The molecule has 10 heavy (non-hydrogen) atoms. The van der Waals surface area contributed by atoms with E-state index in [0.29, 0.717) is 6.79 Å². The van der Waals surface area contributed by atoms with E-state index in [-0.39, 0.29) is 6.10 Å². The Kier molecular flexibility index (Phi) is 1.04. The molecule has 0 aromatic rings. The molecule has 0 aromatic heterocycles. The van der Waals surface area contributed by atoms with Gasteiger partial charge in [0.2, 0.25) is 0 Å². The molecular formula is C6H9NO3. The molecule has 1 saturated heterocycles. The van der Waals surface area contributed by atoms with Crippen molar-refractivity contribution in [1.82, 2.24) is 0 Å². The van der Waals surface area contributed by atoms with Crippen molar-refractivity contribution in [3.63, 3.8) is 0 Å². The highest BCUT2D eigenvalue weighted by Gasteiger charge is 2.50. The first-order chi connectivity index (χ1) is 4.72. The number of fused-ring (bicyclic) bond motifs is 1. The minimum Gasteiger partial charge on any atom is -0.357 e. The highest BCUT2D eigenvalue weighted by molar-refractivity contribution is 5.88. The van der Waals surface area contributed by atoms with Crippen LogP contribution in [-0.2, 0) is 14.3 Å². The Morgan fingerprint density at radius 2 is 2.50 bits per heavy atom. The summed E-state index contributed by atoms with van der Waals surface area (Å²) in [6.07, 6.45) is -0.104. The van der Waals surface area contributed by atoms with E-state index in [1.807, 2.05) is 13.8 Å². The van der Waals surface area contributed by atoms with E-state index in [0.717, 1.165) is 5.71 Å². The van der Waals surface area contributed by atoms with Gasteiger partial charge in [0.05, 0.1) is 5.71 Å². The Morgan fingerprint density at radius 1 is 1.70 bits per heavy atom. The van der Waals surface area contributed by atoms with E-state index >= 15 is 0 Å². The second kappa shape index (κ2) is 1.71. The lowest BCUT2D eigenvalue weighted by atomic mass is 10.1. The lowest BCUT2D eigenvalue weighted by Gasteiger charge is -2.16. The zero-order valence-corrected chi connectivity index (χ0v) is 5.96. The minimum atomic E-state index is -0.649. The predicted octanol–water partition coefficient (Wildman–Crippen LogP) is 0.482. The molecule has 2 rings (SSSR count). The molecule has 4 heteroatoms. The van der Waals surface area contributed by atoms with E-state index in [1.165, 1.54) is 0 Å². The second-order valence-electron chi connectivity index (χ2n) is 2.65. The number of hydrogen-bond acceptors (Lipinski definition) is 4. The zero-order chi connectivity index (χ0) is 7.19. The van der Waals surface area contributed by atoms with Crippen LogP contribution in [0.25, 0.3) is 0 Å². The monoisotopic (exact) mass is 143 g/mol. The third-order valence-corrected chi connectivity index (χ3v) is 1.81. The fourth-order valence-electron chi connectivity index (χ4n) is 1.23. The first-order valence-corrected chi connectivity index (χ1v) is 3.20. The Bertz CT molecular complexity index is 191. The van der Waals surface area contributed by atoms with Crippen molar-refractivity contribution in [3.8, 4) is 0 Å². The molecule has 2 aliphatic rings. The smallest absolute Gasteiger partial charge is 0.268 e. The Hall–Kier alpha value is -0.610. The molecule has 0 saturated carbocycles. The molecule has 2 unspecified atom stereocenters. The van der Waals surface area contributed by atoms with Crippen LogP contribution in [0.5, 0.6) is 0 Å². The first kappa shape index (κ1) is 6.12.